The Morgan fingerprint density at radius 2 is 1.00 bits per heavy atom. The second-order valence-electron chi connectivity index (χ2n) is 0. The minimum Gasteiger partial charge on any atom is -0.0683 e. The molecule has 0 unspecified atom stereocenters. The molecule has 2 heteroatoms. The quantitative estimate of drug-likeness (QED) is 0.376. The van der Waals surface area contributed by atoms with Crippen LogP contribution < -0.4 is 0 Å². The van der Waals surface area contributed by atoms with Gasteiger partial charge >= 0.3 is 0 Å². The van der Waals surface area contributed by atoms with E-state index in [1.165, 1.54) is 0 Å². The first-order valence-corrected chi connectivity index (χ1v) is 1.00. The maximum atomic E-state index is 2.00. The van der Waals surface area contributed by atoms with Gasteiger partial charge in [0.2, 0.25) is 0 Å². The third-order valence-corrected chi connectivity index (χ3v) is 0. The van der Waals surface area contributed by atoms with Crippen molar-refractivity contribution in [2.24, 2.45) is 0 Å². The van der Waals surface area contributed by atoms with Crippen LogP contribution in [0.25, 0.3) is 0 Å². The van der Waals surface area contributed by atoms with E-state index in [4.69, 9.17) is 0 Å². The zero-order valence-electron chi connectivity index (χ0n) is 3.41. The van der Waals surface area contributed by atoms with Crippen LogP contribution in [0.4, 0.5) is 0 Å². The van der Waals surface area contributed by atoms with Gasteiger partial charge in [-0.15, -0.1) is 0 Å². The van der Waals surface area contributed by atoms with E-state index in [0.29, 0.717) is 0 Å². The largest absolute Gasteiger partial charge is 0.0683 e. The SMILES string of the molecule is CC.[Li].[S]. The molecule has 0 bridgehead atoms. The van der Waals surface area contributed by atoms with Gasteiger partial charge in [0.05, 0.1) is 0 Å². The van der Waals surface area contributed by atoms with Crippen molar-refractivity contribution in [3.63, 3.8) is 0 Å². The van der Waals surface area contributed by atoms with Crippen LogP contribution in [0.5, 0.6) is 0 Å². The number of hydrogen-bond donors (Lipinski definition) is 0. The summed E-state index contributed by atoms with van der Waals surface area (Å²) >= 11 is 0. The standard InChI is InChI=1S/C2H6.Li.S/c1-2;;/h1-2H3;;. The predicted octanol–water partition coefficient (Wildman–Crippen LogP) is 1.29. The van der Waals surface area contributed by atoms with E-state index in [9.17, 15) is 0 Å². The van der Waals surface area contributed by atoms with Crippen LogP contribution in [0.1, 0.15) is 13.8 Å². The third-order valence-electron chi connectivity index (χ3n) is 0. The van der Waals surface area contributed by atoms with Crippen LogP contribution in [0, 0.1) is 0 Å². The van der Waals surface area contributed by atoms with Crippen molar-refractivity contribution < 1.29 is 0 Å². The van der Waals surface area contributed by atoms with E-state index < -0.39 is 0 Å². The van der Waals surface area contributed by atoms with Gasteiger partial charge in [-0.3, -0.25) is 0 Å². The molecule has 4 heavy (non-hydrogen) atoms. The fourth-order valence-corrected chi connectivity index (χ4v) is 0. The van der Waals surface area contributed by atoms with Crippen LogP contribution in [0.15, 0.2) is 0 Å². The first kappa shape index (κ1) is 20.3. The second-order valence-corrected chi connectivity index (χ2v) is 0. The van der Waals surface area contributed by atoms with Gasteiger partial charge in [0.25, 0.3) is 0 Å². The summed E-state index contributed by atoms with van der Waals surface area (Å²) in [4.78, 5) is 0. The molecule has 0 fully saturated rings. The van der Waals surface area contributed by atoms with E-state index in [-0.39, 0.29) is 32.4 Å². The van der Waals surface area contributed by atoms with E-state index in [1.54, 1.807) is 0 Å². The molecular weight excluding hydrogens is 63.0 g/mol. The molecule has 0 aromatic rings. The van der Waals surface area contributed by atoms with Crippen molar-refractivity contribution in [2.75, 3.05) is 0 Å². The molecule has 0 saturated heterocycles. The van der Waals surface area contributed by atoms with E-state index in [0.717, 1.165) is 0 Å². The van der Waals surface area contributed by atoms with Crippen LogP contribution in [0.3, 0.4) is 0 Å². The molecule has 3 radical (unpaired) electrons. The zero-order valence-corrected chi connectivity index (χ0v) is 4.22. The Kier molecular flexibility index (Phi) is 194. The summed E-state index contributed by atoms with van der Waals surface area (Å²) in [5, 5.41) is 0. The topological polar surface area (TPSA) is 0 Å². The van der Waals surface area contributed by atoms with Gasteiger partial charge in [0.15, 0.2) is 0 Å². The first-order valence-electron chi connectivity index (χ1n) is 1.00. The molecule has 0 aliphatic rings. The first-order chi connectivity index (χ1) is 1.00. The maximum Gasteiger partial charge on any atom is 0 e. The van der Waals surface area contributed by atoms with Gasteiger partial charge < -0.3 is 0 Å². The van der Waals surface area contributed by atoms with Crippen molar-refractivity contribution in [1.29, 1.82) is 0 Å². The Hall–Kier alpha value is 0.947. The van der Waals surface area contributed by atoms with Gasteiger partial charge in [-0.05, 0) is 0 Å². The van der Waals surface area contributed by atoms with Crippen molar-refractivity contribution in [2.45, 2.75) is 13.8 Å². The zero-order chi connectivity index (χ0) is 2.00. The Labute approximate surface area is 46.6 Å². The summed E-state index contributed by atoms with van der Waals surface area (Å²) in [5.74, 6) is 0. The molecule has 0 N–H and O–H groups in total. The molecule has 0 amide bonds. The molecule has 0 aliphatic heterocycles. The molecule has 0 aromatic carbocycles. The number of rotatable bonds is 0. The Balaban J connectivity index is -0.00000000500. The molecule has 0 aromatic heterocycles. The van der Waals surface area contributed by atoms with E-state index in [2.05, 4.69) is 0 Å². The summed E-state index contributed by atoms with van der Waals surface area (Å²) < 4.78 is 0. The van der Waals surface area contributed by atoms with Gasteiger partial charge in [-0.1, -0.05) is 13.8 Å². The Bertz CT molecular complexity index is 6.00. The van der Waals surface area contributed by atoms with Crippen molar-refractivity contribution in [1.82, 2.24) is 0 Å². The van der Waals surface area contributed by atoms with Crippen molar-refractivity contribution >= 4 is 32.4 Å². The van der Waals surface area contributed by atoms with Crippen molar-refractivity contribution in [3.05, 3.63) is 0 Å². The molecule has 0 aliphatic carbocycles. The van der Waals surface area contributed by atoms with Crippen LogP contribution in [-0.2, 0) is 0 Å². The summed E-state index contributed by atoms with van der Waals surface area (Å²) in [6.45, 7) is 4.00. The molecule has 0 atom stereocenters. The van der Waals surface area contributed by atoms with Crippen molar-refractivity contribution in [3.8, 4) is 0 Å². The summed E-state index contributed by atoms with van der Waals surface area (Å²) in [5.41, 5.74) is 0. The minimum absolute atomic E-state index is 0. The molecule has 0 rings (SSSR count). The summed E-state index contributed by atoms with van der Waals surface area (Å²) in [6, 6.07) is 0. The van der Waals surface area contributed by atoms with Gasteiger partial charge in [0, 0.05) is 32.4 Å². The summed E-state index contributed by atoms with van der Waals surface area (Å²) in [6.07, 6.45) is 0. The smallest absolute Gasteiger partial charge is 0 e. The molecule has 0 saturated carbocycles. The van der Waals surface area contributed by atoms with Crippen LogP contribution in [-0.4, -0.2) is 18.9 Å². The molecule has 0 nitrogen and oxygen atoms in total. The Morgan fingerprint density at radius 1 is 1.00 bits per heavy atom. The molecule has 0 spiro atoms. The molecule has 21 valence electrons. The predicted molar refractivity (Wildman–Crippen MR) is 24.7 cm³/mol. The minimum atomic E-state index is 0. The fraction of sp³-hybridized carbons (Fsp3) is 1.00. The van der Waals surface area contributed by atoms with Gasteiger partial charge in [0.1, 0.15) is 0 Å². The van der Waals surface area contributed by atoms with E-state index >= 15 is 0 Å². The molecule has 0 heterocycles. The van der Waals surface area contributed by atoms with Crippen LogP contribution >= 0.6 is 13.5 Å². The van der Waals surface area contributed by atoms with Gasteiger partial charge in [-0.25, -0.2) is 0 Å². The fourth-order valence-electron chi connectivity index (χ4n) is 0. The van der Waals surface area contributed by atoms with E-state index in [1.807, 2.05) is 13.8 Å². The second kappa shape index (κ2) is 38.2. The molecular formula is C2H6LiS. The monoisotopic (exact) mass is 69.0 g/mol. The third kappa shape index (κ3) is 12.5. The summed E-state index contributed by atoms with van der Waals surface area (Å²) in [7, 11) is 0. The van der Waals surface area contributed by atoms with Crippen LogP contribution in [0.2, 0.25) is 0 Å². The van der Waals surface area contributed by atoms with Gasteiger partial charge in [-0.2, -0.15) is 0 Å². The number of hydrogen-bond acceptors (Lipinski definition) is 0. The normalized spacial score (nSPS) is 1.50. The Morgan fingerprint density at radius 3 is 1.00 bits per heavy atom. The average Bonchev–Trinajstić information content (AvgIpc) is 1.00. The maximum absolute atomic E-state index is 2.00. The average molecular weight is 69.1 g/mol.